The summed E-state index contributed by atoms with van der Waals surface area (Å²) in [5.41, 5.74) is 2.76. The van der Waals surface area contributed by atoms with Crippen LogP contribution in [-0.2, 0) is 7.05 Å². The molecule has 146 valence electrons. The molecule has 1 aliphatic heterocycles. The zero-order valence-electron chi connectivity index (χ0n) is 16.5. The lowest BCUT2D eigenvalue weighted by molar-refractivity contribution is 0.0737. The Morgan fingerprint density at radius 2 is 1.57 bits per heavy atom. The van der Waals surface area contributed by atoms with Gasteiger partial charge in [-0.05, 0) is 30.3 Å². The van der Waals surface area contributed by atoms with E-state index in [4.69, 9.17) is 9.47 Å². The predicted molar refractivity (Wildman–Crippen MR) is 111 cm³/mol. The van der Waals surface area contributed by atoms with Gasteiger partial charge in [-0.1, -0.05) is 18.2 Å². The second kappa shape index (κ2) is 7.46. The first kappa shape index (κ1) is 18.2. The van der Waals surface area contributed by atoms with E-state index in [0.717, 1.165) is 41.2 Å². The van der Waals surface area contributed by atoms with Gasteiger partial charge in [0.2, 0.25) is 0 Å². The van der Waals surface area contributed by atoms with E-state index in [2.05, 4.69) is 11.0 Å². The summed E-state index contributed by atoms with van der Waals surface area (Å²) < 4.78 is 12.9. The van der Waals surface area contributed by atoms with E-state index in [9.17, 15) is 4.79 Å². The third-order valence-corrected chi connectivity index (χ3v) is 5.48. The molecule has 3 aromatic rings. The topological polar surface area (TPSA) is 46.9 Å². The van der Waals surface area contributed by atoms with Crippen molar-refractivity contribution in [2.24, 2.45) is 7.05 Å². The van der Waals surface area contributed by atoms with Crippen molar-refractivity contribution in [1.29, 1.82) is 0 Å². The summed E-state index contributed by atoms with van der Waals surface area (Å²) in [5, 5.41) is 0.962. The second-order valence-corrected chi connectivity index (χ2v) is 6.93. The van der Waals surface area contributed by atoms with E-state index in [1.54, 1.807) is 14.2 Å². The van der Waals surface area contributed by atoms with Crippen molar-refractivity contribution in [2.45, 2.75) is 0 Å². The molecule has 28 heavy (non-hydrogen) atoms. The molecule has 1 aromatic heterocycles. The number of fused-ring (bicyclic) bond motifs is 1. The predicted octanol–water partition coefficient (Wildman–Crippen LogP) is 3.16. The van der Waals surface area contributed by atoms with Crippen LogP contribution in [0.4, 0.5) is 5.69 Å². The Morgan fingerprint density at radius 3 is 2.29 bits per heavy atom. The Kier molecular flexibility index (Phi) is 4.86. The summed E-state index contributed by atoms with van der Waals surface area (Å²) in [6, 6.07) is 15.8. The number of ether oxygens (including phenoxy) is 2. The molecule has 0 atom stereocenters. The van der Waals surface area contributed by atoms with Crippen molar-refractivity contribution in [3.63, 3.8) is 0 Å². The minimum atomic E-state index is 0.0560. The molecule has 0 unspecified atom stereocenters. The Labute approximate surface area is 164 Å². The molecule has 2 heterocycles. The number of aromatic nitrogens is 1. The van der Waals surface area contributed by atoms with Gasteiger partial charge in [0.25, 0.3) is 5.91 Å². The van der Waals surface area contributed by atoms with Crippen LogP contribution in [-0.4, -0.2) is 55.8 Å². The number of hydrogen-bond acceptors (Lipinski definition) is 4. The monoisotopic (exact) mass is 379 g/mol. The van der Waals surface area contributed by atoms with Crippen molar-refractivity contribution >= 4 is 22.5 Å². The molecule has 0 radical (unpaired) electrons. The quantitative estimate of drug-likeness (QED) is 0.699. The molecule has 1 fully saturated rings. The van der Waals surface area contributed by atoms with Gasteiger partial charge >= 0.3 is 0 Å². The fraction of sp³-hybridized carbons (Fsp3) is 0.318. The molecule has 0 saturated carbocycles. The number of methoxy groups -OCH3 is 2. The first-order chi connectivity index (χ1) is 13.6. The first-order valence-corrected chi connectivity index (χ1v) is 9.43. The van der Waals surface area contributed by atoms with Gasteiger partial charge in [-0.15, -0.1) is 0 Å². The summed E-state index contributed by atoms with van der Waals surface area (Å²) in [5.74, 6) is 1.71. The van der Waals surface area contributed by atoms with Crippen LogP contribution in [0.15, 0.2) is 48.5 Å². The number of rotatable bonds is 4. The van der Waals surface area contributed by atoms with Crippen LogP contribution < -0.4 is 14.4 Å². The smallest absolute Gasteiger partial charge is 0.270 e. The fourth-order valence-electron chi connectivity index (χ4n) is 3.92. The summed E-state index contributed by atoms with van der Waals surface area (Å²) >= 11 is 0. The largest absolute Gasteiger partial charge is 0.496 e. The number of carbonyl (C=O) groups is 1. The van der Waals surface area contributed by atoms with Gasteiger partial charge in [0.15, 0.2) is 0 Å². The third-order valence-electron chi connectivity index (χ3n) is 5.48. The van der Waals surface area contributed by atoms with E-state index >= 15 is 0 Å². The lowest BCUT2D eigenvalue weighted by atomic mass is 10.2. The number of carbonyl (C=O) groups excluding carboxylic acids is 1. The van der Waals surface area contributed by atoms with E-state index < -0.39 is 0 Å². The van der Waals surface area contributed by atoms with Crippen LogP contribution in [0.5, 0.6) is 11.5 Å². The molecule has 0 spiro atoms. The molecular weight excluding hydrogens is 354 g/mol. The van der Waals surface area contributed by atoms with Crippen LogP contribution in [0.2, 0.25) is 0 Å². The molecule has 0 bridgehead atoms. The summed E-state index contributed by atoms with van der Waals surface area (Å²) in [4.78, 5) is 17.4. The van der Waals surface area contributed by atoms with Crippen LogP contribution in [0.25, 0.3) is 10.9 Å². The highest BCUT2D eigenvalue weighted by atomic mass is 16.5. The molecule has 4 rings (SSSR count). The minimum absolute atomic E-state index is 0.0560. The minimum Gasteiger partial charge on any atom is -0.496 e. The number of nitrogens with zero attached hydrogens (tertiary/aromatic N) is 3. The van der Waals surface area contributed by atoms with Gasteiger partial charge in [-0.2, -0.15) is 0 Å². The molecule has 1 amide bonds. The number of aryl methyl sites for hydroxylation is 1. The van der Waals surface area contributed by atoms with Crippen LogP contribution in [0.1, 0.15) is 10.5 Å². The van der Waals surface area contributed by atoms with Crippen LogP contribution >= 0.6 is 0 Å². The molecule has 6 heteroatoms. The SMILES string of the molecule is COc1ccccc1N1CCN(C(=O)c2cc3c(OC)cccc3n2C)CC1. The molecular formula is C22H25N3O3. The maximum Gasteiger partial charge on any atom is 0.270 e. The van der Waals surface area contributed by atoms with Crippen LogP contribution in [0.3, 0.4) is 0 Å². The van der Waals surface area contributed by atoms with Gasteiger partial charge in [0, 0.05) is 38.6 Å². The van der Waals surface area contributed by atoms with Crippen molar-refractivity contribution in [2.75, 3.05) is 45.3 Å². The van der Waals surface area contributed by atoms with Gasteiger partial charge < -0.3 is 23.8 Å². The van der Waals surface area contributed by atoms with E-state index in [1.165, 1.54) is 0 Å². The number of anilines is 1. The Morgan fingerprint density at radius 1 is 0.893 bits per heavy atom. The molecule has 1 saturated heterocycles. The molecule has 0 aliphatic carbocycles. The number of hydrogen-bond donors (Lipinski definition) is 0. The average Bonchev–Trinajstić information content (AvgIpc) is 3.10. The molecule has 1 aliphatic rings. The lowest BCUT2D eigenvalue weighted by Gasteiger charge is -2.36. The number of para-hydroxylation sites is 2. The normalized spacial score (nSPS) is 14.4. The average molecular weight is 379 g/mol. The third kappa shape index (κ3) is 3.05. The van der Waals surface area contributed by atoms with Crippen molar-refractivity contribution in [3.8, 4) is 11.5 Å². The van der Waals surface area contributed by atoms with Crippen molar-refractivity contribution in [3.05, 3.63) is 54.2 Å². The molecule has 6 nitrogen and oxygen atoms in total. The van der Waals surface area contributed by atoms with Gasteiger partial charge in [0.1, 0.15) is 17.2 Å². The number of benzene rings is 2. The Bertz CT molecular complexity index is 1000. The highest BCUT2D eigenvalue weighted by molar-refractivity contribution is 6.00. The standard InChI is InChI=1S/C22H25N3O3/c1-23-17-8-6-10-20(27-2)16(17)15-19(23)22(26)25-13-11-24(12-14-25)18-7-4-5-9-21(18)28-3/h4-10,15H,11-14H2,1-3H3. The summed E-state index contributed by atoms with van der Waals surface area (Å²) in [7, 11) is 5.27. The Balaban J connectivity index is 1.53. The maximum atomic E-state index is 13.2. The van der Waals surface area contributed by atoms with Crippen molar-refractivity contribution in [1.82, 2.24) is 9.47 Å². The van der Waals surface area contributed by atoms with Gasteiger partial charge in [0.05, 0.1) is 25.4 Å². The summed E-state index contributed by atoms with van der Waals surface area (Å²) in [6.45, 7) is 2.91. The lowest BCUT2D eigenvalue weighted by Crippen LogP contribution is -2.49. The van der Waals surface area contributed by atoms with E-state index in [-0.39, 0.29) is 5.91 Å². The zero-order valence-corrected chi connectivity index (χ0v) is 16.5. The maximum absolute atomic E-state index is 13.2. The Hall–Kier alpha value is -3.15. The first-order valence-electron chi connectivity index (χ1n) is 9.43. The van der Waals surface area contributed by atoms with E-state index in [0.29, 0.717) is 18.8 Å². The van der Waals surface area contributed by atoms with Gasteiger partial charge in [-0.25, -0.2) is 0 Å². The number of amides is 1. The second-order valence-electron chi connectivity index (χ2n) is 6.93. The van der Waals surface area contributed by atoms with Gasteiger partial charge in [-0.3, -0.25) is 4.79 Å². The summed E-state index contributed by atoms with van der Waals surface area (Å²) in [6.07, 6.45) is 0. The number of piperazine rings is 1. The molecule has 0 N–H and O–H groups in total. The van der Waals surface area contributed by atoms with E-state index in [1.807, 2.05) is 59.0 Å². The molecule has 2 aromatic carbocycles. The fourth-order valence-corrected chi connectivity index (χ4v) is 3.92. The zero-order chi connectivity index (χ0) is 19.7. The highest BCUT2D eigenvalue weighted by Gasteiger charge is 2.26. The highest BCUT2D eigenvalue weighted by Crippen LogP contribution is 2.30. The van der Waals surface area contributed by atoms with Crippen molar-refractivity contribution < 1.29 is 14.3 Å². The van der Waals surface area contributed by atoms with Crippen LogP contribution in [0, 0.1) is 0 Å².